The average Bonchev–Trinajstić information content (AvgIpc) is 2.43. The number of hydrogen-bond donors (Lipinski definition) is 2. The molecule has 2 amide bonds. The minimum Gasteiger partial charge on any atom is -0.356 e. The topological polar surface area (TPSA) is 58.2 Å². The lowest BCUT2D eigenvalue weighted by atomic mass is 10.1. The van der Waals surface area contributed by atoms with Crippen molar-refractivity contribution in [1.82, 2.24) is 10.6 Å². The summed E-state index contributed by atoms with van der Waals surface area (Å²) in [5.41, 5.74) is 0. The first-order chi connectivity index (χ1) is 9.79. The van der Waals surface area contributed by atoms with E-state index in [9.17, 15) is 9.59 Å². The molecule has 1 aliphatic rings. The minimum atomic E-state index is 0.207. The normalized spacial score (nSPS) is 22.2. The molecule has 1 saturated heterocycles. The summed E-state index contributed by atoms with van der Waals surface area (Å²) in [6.45, 7) is 1.59. The van der Waals surface area contributed by atoms with Crippen LogP contribution in [0.4, 0.5) is 0 Å². The van der Waals surface area contributed by atoms with Gasteiger partial charge in [0.05, 0.1) is 0 Å². The second-order valence-corrected chi connectivity index (χ2v) is 5.74. The summed E-state index contributed by atoms with van der Waals surface area (Å²) in [4.78, 5) is 23.1. The van der Waals surface area contributed by atoms with Gasteiger partial charge in [-0.2, -0.15) is 0 Å². The fourth-order valence-corrected chi connectivity index (χ4v) is 2.51. The number of carbonyl (C=O) groups is 2. The van der Waals surface area contributed by atoms with Crippen molar-refractivity contribution in [2.24, 2.45) is 0 Å². The molecule has 1 heterocycles. The van der Waals surface area contributed by atoms with Crippen LogP contribution in [0.1, 0.15) is 77.0 Å². The van der Waals surface area contributed by atoms with E-state index in [1.165, 1.54) is 12.8 Å². The molecule has 0 bridgehead atoms. The zero-order chi connectivity index (χ0) is 14.5. The van der Waals surface area contributed by atoms with Crippen molar-refractivity contribution in [3.8, 4) is 0 Å². The van der Waals surface area contributed by atoms with Crippen molar-refractivity contribution >= 4 is 11.8 Å². The zero-order valence-electron chi connectivity index (χ0n) is 12.7. The number of hydrogen-bond acceptors (Lipinski definition) is 2. The van der Waals surface area contributed by atoms with Gasteiger partial charge in [-0.15, -0.1) is 0 Å². The summed E-state index contributed by atoms with van der Waals surface area (Å²) in [5, 5.41) is 5.97. The SMILES string of the molecule is O=C1CCCCCCCCC(=O)NCCCCCCN1. The van der Waals surface area contributed by atoms with Gasteiger partial charge in [0.15, 0.2) is 0 Å². The standard InChI is InChI=1S/C16H30N2O2/c19-15-11-7-3-1-2-4-8-12-16(20)18-14-10-6-5-9-13-17-15/h1-14H2,(H,17,19)(H,18,20). The van der Waals surface area contributed by atoms with Gasteiger partial charge < -0.3 is 10.6 Å². The summed E-state index contributed by atoms with van der Waals surface area (Å²) >= 11 is 0. The third kappa shape index (κ3) is 9.82. The van der Waals surface area contributed by atoms with Crippen molar-refractivity contribution < 1.29 is 9.59 Å². The second-order valence-electron chi connectivity index (χ2n) is 5.74. The Balaban J connectivity index is 2.19. The van der Waals surface area contributed by atoms with Gasteiger partial charge in [-0.3, -0.25) is 9.59 Å². The van der Waals surface area contributed by atoms with Crippen molar-refractivity contribution in [2.45, 2.75) is 77.0 Å². The van der Waals surface area contributed by atoms with E-state index in [0.717, 1.165) is 64.5 Å². The maximum absolute atomic E-state index is 11.6. The molecule has 0 atom stereocenters. The number of carbonyl (C=O) groups excluding carboxylic acids is 2. The first kappa shape index (κ1) is 17.0. The number of amides is 2. The maximum Gasteiger partial charge on any atom is 0.219 e. The number of nitrogens with one attached hydrogen (secondary N) is 2. The van der Waals surface area contributed by atoms with Gasteiger partial charge in [0.2, 0.25) is 11.8 Å². The fourth-order valence-electron chi connectivity index (χ4n) is 2.51. The van der Waals surface area contributed by atoms with Gasteiger partial charge in [0.1, 0.15) is 0 Å². The Hall–Kier alpha value is -1.06. The van der Waals surface area contributed by atoms with E-state index in [0.29, 0.717) is 12.8 Å². The van der Waals surface area contributed by atoms with E-state index >= 15 is 0 Å². The van der Waals surface area contributed by atoms with E-state index in [2.05, 4.69) is 10.6 Å². The highest BCUT2D eigenvalue weighted by atomic mass is 16.2. The Morgan fingerprint density at radius 2 is 0.850 bits per heavy atom. The lowest BCUT2D eigenvalue weighted by Crippen LogP contribution is -2.25. The molecule has 1 aliphatic heterocycles. The van der Waals surface area contributed by atoms with Gasteiger partial charge in [-0.25, -0.2) is 0 Å². The second kappa shape index (κ2) is 11.7. The Morgan fingerprint density at radius 1 is 0.500 bits per heavy atom. The van der Waals surface area contributed by atoms with Crippen LogP contribution in [0.3, 0.4) is 0 Å². The van der Waals surface area contributed by atoms with E-state index in [1.54, 1.807) is 0 Å². The van der Waals surface area contributed by atoms with Crippen LogP contribution in [0.2, 0.25) is 0 Å². The Morgan fingerprint density at radius 3 is 1.30 bits per heavy atom. The molecule has 4 heteroatoms. The summed E-state index contributed by atoms with van der Waals surface area (Å²) in [5.74, 6) is 0.414. The van der Waals surface area contributed by atoms with Crippen LogP contribution in [-0.2, 0) is 9.59 Å². The van der Waals surface area contributed by atoms with Crippen molar-refractivity contribution in [3.63, 3.8) is 0 Å². The molecule has 0 aliphatic carbocycles. The van der Waals surface area contributed by atoms with Crippen molar-refractivity contribution in [2.75, 3.05) is 13.1 Å². The van der Waals surface area contributed by atoms with Crippen molar-refractivity contribution in [1.29, 1.82) is 0 Å². The van der Waals surface area contributed by atoms with E-state index in [1.807, 2.05) is 0 Å². The smallest absolute Gasteiger partial charge is 0.219 e. The van der Waals surface area contributed by atoms with Gasteiger partial charge in [-0.05, 0) is 25.7 Å². The quantitative estimate of drug-likeness (QED) is 0.717. The Labute approximate surface area is 123 Å². The molecule has 1 fully saturated rings. The first-order valence-corrected chi connectivity index (χ1v) is 8.32. The molecule has 2 N–H and O–H groups in total. The van der Waals surface area contributed by atoms with Crippen molar-refractivity contribution in [3.05, 3.63) is 0 Å². The van der Waals surface area contributed by atoms with Crippen LogP contribution in [0.5, 0.6) is 0 Å². The molecule has 0 radical (unpaired) electrons. The van der Waals surface area contributed by atoms with Crippen LogP contribution in [-0.4, -0.2) is 24.9 Å². The molecule has 0 unspecified atom stereocenters. The highest BCUT2D eigenvalue weighted by Crippen LogP contribution is 2.09. The molecule has 1 rings (SSSR count). The lowest BCUT2D eigenvalue weighted by molar-refractivity contribution is -0.122. The first-order valence-electron chi connectivity index (χ1n) is 8.32. The minimum absolute atomic E-state index is 0.207. The van der Waals surface area contributed by atoms with E-state index < -0.39 is 0 Å². The molecule has 0 spiro atoms. The van der Waals surface area contributed by atoms with Gasteiger partial charge in [-0.1, -0.05) is 38.5 Å². The monoisotopic (exact) mass is 282 g/mol. The predicted molar refractivity (Wildman–Crippen MR) is 81.4 cm³/mol. The van der Waals surface area contributed by atoms with E-state index in [4.69, 9.17) is 0 Å². The third-order valence-corrected chi connectivity index (χ3v) is 3.81. The zero-order valence-corrected chi connectivity index (χ0v) is 12.7. The molecular formula is C16H30N2O2. The maximum atomic E-state index is 11.6. The molecule has 0 saturated carbocycles. The molecule has 116 valence electrons. The van der Waals surface area contributed by atoms with Crippen LogP contribution >= 0.6 is 0 Å². The summed E-state index contributed by atoms with van der Waals surface area (Å²) in [6, 6.07) is 0. The Bertz CT molecular complexity index is 228. The molecule has 0 aromatic heterocycles. The predicted octanol–water partition coefficient (Wildman–Crippen LogP) is 2.91. The molecule has 0 aromatic rings. The molecule has 20 heavy (non-hydrogen) atoms. The molecule has 0 aromatic carbocycles. The Kier molecular flexibility index (Phi) is 9.98. The fraction of sp³-hybridized carbons (Fsp3) is 0.875. The third-order valence-electron chi connectivity index (χ3n) is 3.81. The highest BCUT2D eigenvalue weighted by molar-refractivity contribution is 5.76. The van der Waals surface area contributed by atoms with Gasteiger partial charge in [0.25, 0.3) is 0 Å². The molecule has 4 nitrogen and oxygen atoms in total. The van der Waals surface area contributed by atoms with Gasteiger partial charge in [0, 0.05) is 25.9 Å². The van der Waals surface area contributed by atoms with Crippen LogP contribution in [0.25, 0.3) is 0 Å². The van der Waals surface area contributed by atoms with Gasteiger partial charge >= 0.3 is 0 Å². The summed E-state index contributed by atoms with van der Waals surface area (Å²) < 4.78 is 0. The molecular weight excluding hydrogens is 252 g/mol. The van der Waals surface area contributed by atoms with Crippen LogP contribution in [0.15, 0.2) is 0 Å². The number of rotatable bonds is 0. The van der Waals surface area contributed by atoms with Crippen LogP contribution < -0.4 is 10.6 Å². The lowest BCUT2D eigenvalue weighted by Gasteiger charge is -2.08. The summed E-state index contributed by atoms with van der Waals surface area (Å²) in [6.07, 6.45) is 12.2. The van der Waals surface area contributed by atoms with E-state index in [-0.39, 0.29) is 11.8 Å². The average molecular weight is 282 g/mol. The largest absolute Gasteiger partial charge is 0.356 e. The highest BCUT2D eigenvalue weighted by Gasteiger charge is 2.03. The van der Waals surface area contributed by atoms with Crippen LogP contribution in [0, 0.1) is 0 Å². The summed E-state index contributed by atoms with van der Waals surface area (Å²) in [7, 11) is 0.